The molecule has 0 aliphatic carbocycles. The molecule has 0 N–H and O–H groups in total. The van der Waals surface area contributed by atoms with Crippen LogP contribution in [0.5, 0.6) is 0 Å². The van der Waals surface area contributed by atoms with E-state index >= 15 is 0 Å². The maximum atomic E-state index is 12.5. The molecule has 5 aromatic rings. The highest BCUT2D eigenvalue weighted by molar-refractivity contribution is 7.98. The summed E-state index contributed by atoms with van der Waals surface area (Å²) in [6.45, 7) is 6.10. The number of fused-ring (bicyclic) bond motifs is 1. The number of aromatic nitrogens is 6. The van der Waals surface area contributed by atoms with E-state index in [1.807, 2.05) is 29.0 Å². The molecule has 0 bridgehead atoms. The van der Waals surface area contributed by atoms with E-state index in [2.05, 4.69) is 52.2 Å². The third-order valence-corrected chi connectivity index (χ3v) is 7.20. The standard InChI is InChI=1S/C23H20N6OS2/c1-14-4-5-19(10-15(14)2)29-21(17-6-8-24-9-7-17)26-27-23(29)32-13-18-11-20(30)28-16(3)12-31-22(28)25-18/h4-12H,13H2,1-3H3. The van der Waals surface area contributed by atoms with Crippen molar-refractivity contribution in [2.45, 2.75) is 31.7 Å². The Morgan fingerprint density at radius 2 is 1.81 bits per heavy atom. The molecule has 1 aromatic carbocycles. The second-order valence-electron chi connectivity index (χ2n) is 7.52. The van der Waals surface area contributed by atoms with Gasteiger partial charge in [-0.1, -0.05) is 17.8 Å². The van der Waals surface area contributed by atoms with Gasteiger partial charge in [-0.3, -0.25) is 18.7 Å². The van der Waals surface area contributed by atoms with E-state index in [-0.39, 0.29) is 5.56 Å². The minimum atomic E-state index is -0.0579. The highest BCUT2D eigenvalue weighted by Gasteiger charge is 2.17. The molecule has 4 heterocycles. The molecule has 0 aliphatic rings. The van der Waals surface area contributed by atoms with E-state index in [1.165, 1.54) is 34.2 Å². The fraction of sp³-hybridized carbons (Fsp3) is 0.174. The summed E-state index contributed by atoms with van der Waals surface area (Å²) in [5.41, 5.74) is 5.92. The lowest BCUT2D eigenvalue weighted by molar-refractivity contribution is 0.883. The van der Waals surface area contributed by atoms with Gasteiger partial charge in [0.05, 0.1) is 11.4 Å². The third-order valence-electron chi connectivity index (χ3n) is 5.30. The van der Waals surface area contributed by atoms with Gasteiger partial charge in [0.15, 0.2) is 15.9 Å². The highest BCUT2D eigenvalue weighted by Crippen LogP contribution is 2.30. The number of hydrogen-bond acceptors (Lipinski definition) is 7. The van der Waals surface area contributed by atoms with Crippen LogP contribution in [-0.2, 0) is 5.75 Å². The van der Waals surface area contributed by atoms with Crippen LogP contribution in [0.2, 0.25) is 0 Å². The summed E-state index contributed by atoms with van der Waals surface area (Å²) in [6, 6.07) is 11.8. The van der Waals surface area contributed by atoms with Gasteiger partial charge >= 0.3 is 0 Å². The average molecular weight is 461 g/mol. The number of rotatable bonds is 5. The minimum absolute atomic E-state index is 0.0579. The van der Waals surface area contributed by atoms with Crippen LogP contribution in [-0.4, -0.2) is 29.1 Å². The average Bonchev–Trinajstić information content (AvgIpc) is 3.39. The largest absolute Gasteiger partial charge is 0.270 e. The molecule has 0 saturated heterocycles. The molecule has 0 saturated carbocycles. The van der Waals surface area contributed by atoms with Gasteiger partial charge < -0.3 is 0 Å². The van der Waals surface area contributed by atoms with E-state index in [9.17, 15) is 4.79 Å². The maximum absolute atomic E-state index is 12.5. The van der Waals surface area contributed by atoms with Crippen molar-refractivity contribution in [1.29, 1.82) is 0 Å². The molecule has 5 rings (SSSR count). The fourth-order valence-electron chi connectivity index (χ4n) is 3.46. The first-order valence-corrected chi connectivity index (χ1v) is 11.9. The van der Waals surface area contributed by atoms with E-state index in [0.29, 0.717) is 10.7 Å². The summed E-state index contributed by atoms with van der Waals surface area (Å²) < 4.78 is 3.69. The van der Waals surface area contributed by atoms with Crippen molar-refractivity contribution in [2.24, 2.45) is 0 Å². The molecule has 0 radical (unpaired) electrons. The second-order valence-corrected chi connectivity index (χ2v) is 9.29. The lowest BCUT2D eigenvalue weighted by Crippen LogP contribution is -2.14. The Bertz CT molecular complexity index is 1490. The number of aryl methyl sites for hydroxylation is 3. The van der Waals surface area contributed by atoms with Gasteiger partial charge in [0.25, 0.3) is 5.56 Å². The lowest BCUT2D eigenvalue weighted by Gasteiger charge is -2.12. The Labute approximate surface area is 192 Å². The van der Waals surface area contributed by atoms with E-state index in [1.54, 1.807) is 22.9 Å². The summed E-state index contributed by atoms with van der Waals surface area (Å²) in [7, 11) is 0. The molecule has 0 amide bonds. The van der Waals surface area contributed by atoms with Crippen LogP contribution in [0.15, 0.2) is 64.1 Å². The zero-order valence-corrected chi connectivity index (χ0v) is 19.4. The molecule has 9 heteroatoms. The molecule has 0 atom stereocenters. The molecular formula is C23H20N6OS2. The smallest absolute Gasteiger partial charge is 0.258 e. The maximum Gasteiger partial charge on any atom is 0.258 e. The Balaban J connectivity index is 1.55. The van der Waals surface area contributed by atoms with Crippen molar-refractivity contribution in [3.63, 3.8) is 0 Å². The van der Waals surface area contributed by atoms with Crippen LogP contribution in [0, 0.1) is 20.8 Å². The molecular weight excluding hydrogens is 440 g/mol. The first-order valence-electron chi connectivity index (χ1n) is 10.0. The molecule has 0 fully saturated rings. The van der Waals surface area contributed by atoms with Gasteiger partial charge in [-0.2, -0.15) is 0 Å². The number of pyridine rings is 1. The van der Waals surface area contributed by atoms with Gasteiger partial charge in [-0.25, -0.2) is 4.98 Å². The minimum Gasteiger partial charge on any atom is -0.270 e. The van der Waals surface area contributed by atoms with Gasteiger partial charge in [0.1, 0.15) is 0 Å². The predicted octanol–water partition coefficient (Wildman–Crippen LogP) is 4.62. The molecule has 7 nitrogen and oxygen atoms in total. The number of hydrogen-bond donors (Lipinski definition) is 0. The van der Waals surface area contributed by atoms with Crippen LogP contribution in [0.25, 0.3) is 22.0 Å². The summed E-state index contributed by atoms with van der Waals surface area (Å²) in [5.74, 6) is 1.26. The Morgan fingerprint density at radius 3 is 2.59 bits per heavy atom. The highest BCUT2D eigenvalue weighted by atomic mass is 32.2. The van der Waals surface area contributed by atoms with Crippen LogP contribution in [0.3, 0.4) is 0 Å². The van der Waals surface area contributed by atoms with Crippen molar-refractivity contribution >= 4 is 28.1 Å². The zero-order valence-electron chi connectivity index (χ0n) is 17.8. The summed E-state index contributed by atoms with van der Waals surface area (Å²) in [5, 5.41) is 11.6. The lowest BCUT2D eigenvalue weighted by atomic mass is 10.1. The quantitative estimate of drug-likeness (QED) is 0.356. The third kappa shape index (κ3) is 3.74. The molecule has 0 spiro atoms. The first kappa shape index (κ1) is 20.6. The van der Waals surface area contributed by atoms with Crippen LogP contribution >= 0.6 is 23.1 Å². The monoisotopic (exact) mass is 460 g/mol. The summed E-state index contributed by atoms with van der Waals surface area (Å²) in [4.78, 5) is 22.0. The van der Waals surface area contributed by atoms with Crippen LogP contribution < -0.4 is 5.56 Å². The van der Waals surface area contributed by atoms with E-state index in [0.717, 1.165) is 33.6 Å². The second kappa shape index (κ2) is 8.33. The van der Waals surface area contributed by atoms with Crippen molar-refractivity contribution in [1.82, 2.24) is 29.1 Å². The zero-order chi connectivity index (χ0) is 22.2. The van der Waals surface area contributed by atoms with E-state index in [4.69, 9.17) is 0 Å². The van der Waals surface area contributed by atoms with Crippen LogP contribution in [0.1, 0.15) is 22.5 Å². The first-order chi connectivity index (χ1) is 15.5. The summed E-state index contributed by atoms with van der Waals surface area (Å²) in [6.07, 6.45) is 3.49. The molecule has 0 unspecified atom stereocenters. The predicted molar refractivity (Wildman–Crippen MR) is 128 cm³/mol. The molecule has 32 heavy (non-hydrogen) atoms. The van der Waals surface area contributed by atoms with E-state index < -0.39 is 0 Å². The Hall–Kier alpha value is -3.30. The molecule has 160 valence electrons. The van der Waals surface area contributed by atoms with Crippen molar-refractivity contribution in [2.75, 3.05) is 0 Å². The van der Waals surface area contributed by atoms with Crippen molar-refractivity contribution in [3.8, 4) is 17.1 Å². The molecule has 4 aromatic heterocycles. The number of thioether (sulfide) groups is 1. The number of thiazole rings is 1. The van der Waals surface area contributed by atoms with Gasteiger partial charge in [-0.05, 0) is 56.2 Å². The van der Waals surface area contributed by atoms with Gasteiger partial charge in [-0.15, -0.1) is 21.5 Å². The molecule has 0 aliphatic heterocycles. The fourth-order valence-corrected chi connectivity index (χ4v) is 5.20. The van der Waals surface area contributed by atoms with Crippen LogP contribution in [0.4, 0.5) is 0 Å². The number of nitrogens with zero attached hydrogens (tertiary/aromatic N) is 6. The van der Waals surface area contributed by atoms with Gasteiger partial charge in [0, 0.05) is 40.9 Å². The van der Waals surface area contributed by atoms with Crippen molar-refractivity contribution < 1.29 is 0 Å². The van der Waals surface area contributed by atoms with Gasteiger partial charge in [0.2, 0.25) is 0 Å². The Morgan fingerprint density at radius 1 is 1.00 bits per heavy atom. The SMILES string of the molecule is Cc1ccc(-n2c(SCc3cc(=O)n4c(C)csc4n3)nnc2-c2ccncc2)cc1C. The topological polar surface area (TPSA) is 78.0 Å². The van der Waals surface area contributed by atoms with Crippen molar-refractivity contribution in [3.05, 3.63) is 87.0 Å². The normalized spacial score (nSPS) is 11.3. The summed E-state index contributed by atoms with van der Waals surface area (Å²) >= 11 is 2.98. The Kier molecular flexibility index (Phi) is 5.36. The number of benzene rings is 1.